The van der Waals surface area contributed by atoms with Gasteiger partial charge >= 0.3 is 0 Å². The van der Waals surface area contributed by atoms with Crippen LogP contribution in [0.15, 0.2) is 18.2 Å². The van der Waals surface area contributed by atoms with Crippen molar-refractivity contribution >= 4 is 5.91 Å². The second kappa shape index (κ2) is 6.89. The molecule has 110 valence electrons. The molecule has 3 nitrogen and oxygen atoms in total. The molecule has 2 rings (SSSR count). The van der Waals surface area contributed by atoms with Crippen molar-refractivity contribution in [1.82, 2.24) is 10.6 Å². The van der Waals surface area contributed by atoms with Crippen LogP contribution in [0.3, 0.4) is 0 Å². The van der Waals surface area contributed by atoms with E-state index < -0.39 is 0 Å². The van der Waals surface area contributed by atoms with E-state index in [1.54, 1.807) is 0 Å². The lowest BCUT2D eigenvalue weighted by Crippen LogP contribution is -2.42. The van der Waals surface area contributed by atoms with Gasteiger partial charge in [-0.15, -0.1) is 0 Å². The molecule has 0 radical (unpaired) electrons. The van der Waals surface area contributed by atoms with E-state index >= 15 is 0 Å². The van der Waals surface area contributed by atoms with Crippen LogP contribution >= 0.6 is 0 Å². The molecule has 1 amide bonds. The monoisotopic (exact) mass is 274 g/mol. The molecule has 1 fully saturated rings. The highest BCUT2D eigenvalue weighted by molar-refractivity contribution is 5.94. The molecule has 1 aromatic carbocycles. The third-order valence-corrected chi connectivity index (χ3v) is 4.04. The largest absolute Gasteiger partial charge is 0.349 e. The number of amides is 1. The van der Waals surface area contributed by atoms with Gasteiger partial charge in [0.1, 0.15) is 0 Å². The molecular formula is C17H26N2O. The van der Waals surface area contributed by atoms with Gasteiger partial charge in [0.15, 0.2) is 0 Å². The van der Waals surface area contributed by atoms with E-state index in [1.807, 2.05) is 26.0 Å². The first kappa shape index (κ1) is 15.0. The number of rotatable bonds is 4. The van der Waals surface area contributed by atoms with Crippen LogP contribution in [-0.2, 0) is 0 Å². The minimum atomic E-state index is 0.0729. The fourth-order valence-electron chi connectivity index (χ4n) is 3.11. The van der Waals surface area contributed by atoms with E-state index in [1.165, 1.54) is 0 Å². The first-order valence-electron chi connectivity index (χ1n) is 7.71. The van der Waals surface area contributed by atoms with Crippen LogP contribution < -0.4 is 10.6 Å². The first-order chi connectivity index (χ1) is 9.58. The van der Waals surface area contributed by atoms with Crippen LogP contribution in [0.2, 0.25) is 0 Å². The van der Waals surface area contributed by atoms with E-state index in [0.29, 0.717) is 12.1 Å². The van der Waals surface area contributed by atoms with Gasteiger partial charge in [-0.3, -0.25) is 4.79 Å². The quantitative estimate of drug-likeness (QED) is 0.886. The maximum absolute atomic E-state index is 12.3. The summed E-state index contributed by atoms with van der Waals surface area (Å²) in [7, 11) is 0. The van der Waals surface area contributed by atoms with E-state index in [-0.39, 0.29) is 5.91 Å². The zero-order chi connectivity index (χ0) is 14.5. The van der Waals surface area contributed by atoms with Crippen molar-refractivity contribution in [1.29, 1.82) is 0 Å². The van der Waals surface area contributed by atoms with Crippen molar-refractivity contribution in [2.45, 2.75) is 58.5 Å². The van der Waals surface area contributed by atoms with Crippen molar-refractivity contribution in [3.8, 4) is 0 Å². The maximum Gasteiger partial charge on any atom is 0.251 e. The lowest BCUT2D eigenvalue weighted by atomic mass is 9.91. The highest BCUT2D eigenvalue weighted by atomic mass is 16.1. The van der Waals surface area contributed by atoms with Gasteiger partial charge in [0.2, 0.25) is 0 Å². The van der Waals surface area contributed by atoms with Crippen LogP contribution in [0.1, 0.15) is 54.1 Å². The standard InChI is InChI=1S/C17H26N2O/c1-4-18-15-5-7-16(8-6-15)19-17(20)14-10-12(2)9-13(3)11-14/h9-11,15-16,18H,4-8H2,1-3H3,(H,19,20). The first-order valence-corrected chi connectivity index (χ1v) is 7.71. The number of nitrogens with one attached hydrogen (secondary N) is 2. The molecule has 0 unspecified atom stereocenters. The molecule has 0 bridgehead atoms. The van der Waals surface area contributed by atoms with Crippen LogP contribution in [0, 0.1) is 13.8 Å². The molecule has 0 aliphatic heterocycles. The number of hydrogen-bond acceptors (Lipinski definition) is 2. The molecule has 0 saturated heterocycles. The highest BCUT2D eigenvalue weighted by Gasteiger charge is 2.22. The predicted molar refractivity (Wildman–Crippen MR) is 83.1 cm³/mol. The van der Waals surface area contributed by atoms with Crippen molar-refractivity contribution in [3.63, 3.8) is 0 Å². The number of aryl methyl sites for hydroxylation is 2. The van der Waals surface area contributed by atoms with Crippen molar-refractivity contribution < 1.29 is 4.79 Å². The van der Waals surface area contributed by atoms with Crippen LogP contribution in [-0.4, -0.2) is 24.5 Å². The topological polar surface area (TPSA) is 41.1 Å². The molecule has 1 aliphatic rings. The average molecular weight is 274 g/mol. The van der Waals surface area contributed by atoms with Gasteiger partial charge in [-0.05, 0) is 58.2 Å². The summed E-state index contributed by atoms with van der Waals surface area (Å²) in [4.78, 5) is 12.3. The minimum absolute atomic E-state index is 0.0729. The summed E-state index contributed by atoms with van der Waals surface area (Å²) in [6, 6.07) is 6.99. The third kappa shape index (κ3) is 4.07. The normalized spacial score (nSPS) is 22.6. The Kier molecular flexibility index (Phi) is 5.18. The number of hydrogen-bond donors (Lipinski definition) is 2. The van der Waals surface area contributed by atoms with Gasteiger partial charge < -0.3 is 10.6 Å². The van der Waals surface area contributed by atoms with Crippen LogP contribution in [0.5, 0.6) is 0 Å². The smallest absolute Gasteiger partial charge is 0.251 e. The molecule has 1 aliphatic carbocycles. The summed E-state index contributed by atoms with van der Waals surface area (Å²) in [6.45, 7) is 7.25. The Balaban J connectivity index is 1.89. The Bertz CT molecular complexity index is 442. The van der Waals surface area contributed by atoms with Gasteiger partial charge in [-0.2, -0.15) is 0 Å². The summed E-state index contributed by atoms with van der Waals surface area (Å²) in [5.74, 6) is 0.0729. The molecule has 1 saturated carbocycles. The molecule has 0 heterocycles. The van der Waals surface area contributed by atoms with E-state index in [0.717, 1.165) is 48.9 Å². The average Bonchev–Trinajstić information content (AvgIpc) is 2.40. The molecule has 3 heteroatoms. The number of benzene rings is 1. The summed E-state index contributed by atoms with van der Waals surface area (Å²) in [6.07, 6.45) is 4.47. The molecule has 0 spiro atoms. The summed E-state index contributed by atoms with van der Waals surface area (Å²) in [5.41, 5.74) is 3.08. The number of carbonyl (C=O) groups excluding carboxylic acids is 1. The third-order valence-electron chi connectivity index (χ3n) is 4.04. The van der Waals surface area contributed by atoms with E-state index in [9.17, 15) is 4.79 Å². The van der Waals surface area contributed by atoms with Crippen molar-refractivity contribution in [2.75, 3.05) is 6.54 Å². The lowest BCUT2D eigenvalue weighted by molar-refractivity contribution is 0.0924. The summed E-state index contributed by atoms with van der Waals surface area (Å²) < 4.78 is 0. The molecule has 20 heavy (non-hydrogen) atoms. The van der Waals surface area contributed by atoms with Gasteiger partial charge in [0.25, 0.3) is 5.91 Å². The molecule has 1 aromatic rings. The highest BCUT2D eigenvalue weighted by Crippen LogP contribution is 2.19. The van der Waals surface area contributed by atoms with E-state index in [4.69, 9.17) is 0 Å². The Morgan fingerprint density at radius 3 is 2.15 bits per heavy atom. The van der Waals surface area contributed by atoms with E-state index in [2.05, 4.69) is 23.6 Å². The summed E-state index contributed by atoms with van der Waals surface area (Å²) in [5, 5.41) is 6.68. The van der Waals surface area contributed by atoms with Crippen molar-refractivity contribution in [2.24, 2.45) is 0 Å². The predicted octanol–water partition coefficient (Wildman–Crippen LogP) is 2.95. The number of carbonyl (C=O) groups is 1. The Hall–Kier alpha value is -1.35. The molecule has 0 aromatic heterocycles. The van der Waals surface area contributed by atoms with Gasteiger partial charge in [-0.1, -0.05) is 24.1 Å². The zero-order valence-corrected chi connectivity index (χ0v) is 12.8. The maximum atomic E-state index is 12.3. The summed E-state index contributed by atoms with van der Waals surface area (Å²) >= 11 is 0. The Morgan fingerprint density at radius 2 is 1.60 bits per heavy atom. The van der Waals surface area contributed by atoms with Gasteiger partial charge in [0.05, 0.1) is 0 Å². The van der Waals surface area contributed by atoms with Crippen molar-refractivity contribution in [3.05, 3.63) is 34.9 Å². The van der Waals surface area contributed by atoms with Gasteiger partial charge in [-0.25, -0.2) is 0 Å². The fraction of sp³-hybridized carbons (Fsp3) is 0.588. The Labute approximate surface area is 122 Å². The van der Waals surface area contributed by atoms with Crippen LogP contribution in [0.25, 0.3) is 0 Å². The fourth-order valence-corrected chi connectivity index (χ4v) is 3.11. The minimum Gasteiger partial charge on any atom is -0.349 e. The second-order valence-electron chi connectivity index (χ2n) is 5.96. The van der Waals surface area contributed by atoms with Crippen LogP contribution in [0.4, 0.5) is 0 Å². The molecule has 2 N–H and O–H groups in total. The lowest BCUT2D eigenvalue weighted by Gasteiger charge is -2.29. The Morgan fingerprint density at radius 1 is 1.05 bits per heavy atom. The molecular weight excluding hydrogens is 248 g/mol. The van der Waals surface area contributed by atoms with Gasteiger partial charge in [0, 0.05) is 17.6 Å². The molecule has 0 atom stereocenters. The SMILES string of the molecule is CCNC1CCC(NC(=O)c2cc(C)cc(C)c2)CC1. The zero-order valence-electron chi connectivity index (χ0n) is 12.8. The second-order valence-corrected chi connectivity index (χ2v) is 5.96.